The van der Waals surface area contributed by atoms with E-state index in [0.717, 1.165) is 26.1 Å². The maximum Gasteiger partial charge on any atom is 0.0701 e. The van der Waals surface area contributed by atoms with E-state index in [1.807, 2.05) is 0 Å². The first kappa shape index (κ1) is 20.8. The highest BCUT2D eigenvalue weighted by Crippen LogP contribution is 2.29. The highest BCUT2D eigenvalue weighted by Gasteiger charge is 2.25. The summed E-state index contributed by atoms with van der Waals surface area (Å²) in [7, 11) is 1.68. The van der Waals surface area contributed by atoms with Gasteiger partial charge in [-0.05, 0) is 37.1 Å². The number of hydrogen-bond acceptors (Lipinski definition) is 4. The summed E-state index contributed by atoms with van der Waals surface area (Å²) >= 11 is 0. The summed E-state index contributed by atoms with van der Waals surface area (Å²) in [5.41, 5.74) is 0.367. The quantitative estimate of drug-likeness (QED) is 0.472. The Morgan fingerprint density at radius 1 is 0.905 bits per heavy atom. The Kier molecular flexibility index (Phi) is 13.4. The van der Waals surface area contributed by atoms with Gasteiger partial charge in [-0.2, -0.15) is 0 Å². The van der Waals surface area contributed by atoms with Crippen LogP contribution >= 0.6 is 0 Å². The van der Waals surface area contributed by atoms with Crippen LogP contribution in [0.5, 0.6) is 0 Å². The summed E-state index contributed by atoms with van der Waals surface area (Å²) in [6.07, 6.45) is 3.51. The zero-order chi connectivity index (χ0) is 16.0. The summed E-state index contributed by atoms with van der Waals surface area (Å²) in [5.74, 6) is 0.705. The molecule has 0 saturated heterocycles. The molecule has 4 nitrogen and oxygen atoms in total. The molecule has 0 aliphatic carbocycles. The number of methoxy groups -OCH3 is 1. The lowest BCUT2D eigenvalue weighted by Crippen LogP contribution is -2.36. The largest absolute Gasteiger partial charge is 0.382 e. The third-order valence-electron chi connectivity index (χ3n) is 4.13. The van der Waals surface area contributed by atoms with Crippen molar-refractivity contribution in [2.75, 3.05) is 53.2 Å². The Morgan fingerprint density at radius 2 is 1.48 bits per heavy atom. The molecule has 1 N–H and O–H groups in total. The summed E-state index contributed by atoms with van der Waals surface area (Å²) in [6.45, 7) is 14.7. The molecule has 0 aliphatic heterocycles. The Balaban J connectivity index is 3.77. The Hall–Kier alpha value is -0.160. The van der Waals surface area contributed by atoms with Gasteiger partial charge < -0.3 is 19.5 Å². The van der Waals surface area contributed by atoms with Crippen molar-refractivity contribution in [3.05, 3.63) is 0 Å². The van der Waals surface area contributed by atoms with Crippen molar-refractivity contribution in [3.63, 3.8) is 0 Å². The molecule has 0 saturated carbocycles. The molecule has 0 atom stereocenters. The minimum Gasteiger partial charge on any atom is -0.382 e. The van der Waals surface area contributed by atoms with Gasteiger partial charge in [-0.1, -0.05) is 27.7 Å². The van der Waals surface area contributed by atoms with E-state index in [0.29, 0.717) is 37.8 Å². The average molecular weight is 303 g/mol. The zero-order valence-electron chi connectivity index (χ0n) is 14.9. The van der Waals surface area contributed by atoms with Gasteiger partial charge in [0.05, 0.1) is 26.4 Å². The van der Waals surface area contributed by atoms with Gasteiger partial charge in [-0.15, -0.1) is 0 Å². The molecule has 0 unspecified atom stereocenters. The standard InChI is InChI=1S/C17H37NO3/c1-6-17(7-2,15-18-14-16(3)4)8-9-20-12-13-21-11-10-19-5/h16,18H,6-15H2,1-5H3. The Morgan fingerprint density at radius 3 is 2.00 bits per heavy atom. The predicted molar refractivity (Wildman–Crippen MR) is 88.9 cm³/mol. The minimum absolute atomic E-state index is 0.367. The molecule has 0 spiro atoms. The topological polar surface area (TPSA) is 39.7 Å². The second-order valence-electron chi connectivity index (χ2n) is 6.20. The van der Waals surface area contributed by atoms with Crippen LogP contribution in [0.1, 0.15) is 47.0 Å². The van der Waals surface area contributed by atoms with E-state index in [-0.39, 0.29) is 0 Å². The molecule has 0 aliphatic rings. The van der Waals surface area contributed by atoms with E-state index >= 15 is 0 Å². The van der Waals surface area contributed by atoms with Crippen LogP contribution in [0.25, 0.3) is 0 Å². The molecule has 128 valence electrons. The van der Waals surface area contributed by atoms with Crippen molar-refractivity contribution in [2.24, 2.45) is 11.3 Å². The van der Waals surface area contributed by atoms with E-state index in [4.69, 9.17) is 14.2 Å². The molecule has 0 rings (SSSR count). The van der Waals surface area contributed by atoms with Gasteiger partial charge >= 0.3 is 0 Å². The van der Waals surface area contributed by atoms with Crippen molar-refractivity contribution < 1.29 is 14.2 Å². The van der Waals surface area contributed by atoms with Crippen molar-refractivity contribution in [1.82, 2.24) is 5.32 Å². The highest BCUT2D eigenvalue weighted by molar-refractivity contribution is 4.79. The van der Waals surface area contributed by atoms with Gasteiger partial charge in [-0.25, -0.2) is 0 Å². The summed E-state index contributed by atoms with van der Waals surface area (Å²) in [5, 5.41) is 3.61. The third kappa shape index (κ3) is 11.1. The van der Waals surface area contributed by atoms with Gasteiger partial charge in [0.15, 0.2) is 0 Å². The van der Waals surface area contributed by atoms with Crippen LogP contribution in [-0.4, -0.2) is 53.2 Å². The van der Waals surface area contributed by atoms with Gasteiger partial charge in [-0.3, -0.25) is 0 Å². The number of hydrogen-bond donors (Lipinski definition) is 1. The molecule has 0 bridgehead atoms. The van der Waals surface area contributed by atoms with E-state index in [1.165, 1.54) is 12.8 Å². The molecule has 0 aromatic heterocycles. The van der Waals surface area contributed by atoms with Crippen LogP contribution in [-0.2, 0) is 14.2 Å². The molecular weight excluding hydrogens is 266 g/mol. The lowest BCUT2D eigenvalue weighted by atomic mass is 9.79. The third-order valence-corrected chi connectivity index (χ3v) is 4.13. The minimum atomic E-state index is 0.367. The number of nitrogens with one attached hydrogen (secondary N) is 1. The molecule has 0 fully saturated rings. The van der Waals surface area contributed by atoms with Crippen molar-refractivity contribution in [2.45, 2.75) is 47.0 Å². The van der Waals surface area contributed by atoms with Crippen LogP contribution in [0.4, 0.5) is 0 Å². The first-order valence-electron chi connectivity index (χ1n) is 8.45. The average Bonchev–Trinajstić information content (AvgIpc) is 2.48. The van der Waals surface area contributed by atoms with E-state index in [2.05, 4.69) is 33.0 Å². The van der Waals surface area contributed by atoms with Crippen molar-refractivity contribution in [1.29, 1.82) is 0 Å². The fourth-order valence-corrected chi connectivity index (χ4v) is 2.32. The zero-order valence-corrected chi connectivity index (χ0v) is 14.9. The first-order valence-corrected chi connectivity index (χ1v) is 8.45. The lowest BCUT2D eigenvalue weighted by Gasteiger charge is -2.32. The van der Waals surface area contributed by atoms with Gasteiger partial charge in [0.1, 0.15) is 0 Å². The fraction of sp³-hybridized carbons (Fsp3) is 1.00. The predicted octanol–water partition coefficient (Wildman–Crippen LogP) is 3.11. The molecule has 4 heteroatoms. The van der Waals surface area contributed by atoms with Crippen LogP contribution < -0.4 is 5.32 Å². The molecule has 0 amide bonds. The van der Waals surface area contributed by atoms with E-state index in [1.54, 1.807) is 7.11 Å². The molecule has 21 heavy (non-hydrogen) atoms. The maximum absolute atomic E-state index is 5.71. The Labute approximate surface area is 131 Å². The number of rotatable bonds is 15. The first-order chi connectivity index (χ1) is 10.1. The fourth-order valence-electron chi connectivity index (χ4n) is 2.32. The van der Waals surface area contributed by atoms with Crippen LogP contribution in [0.2, 0.25) is 0 Å². The van der Waals surface area contributed by atoms with Crippen molar-refractivity contribution >= 4 is 0 Å². The Bertz CT molecular complexity index is 218. The smallest absolute Gasteiger partial charge is 0.0701 e. The lowest BCUT2D eigenvalue weighted by molar-refractivity contribution is 0.0154. The van der Waals surface area contributed by atoms with E-state index in [9.17, 15) is 0 Å². The molecular formula is C17H37NO3. The normalized spacial score (nSPS) is 12.3. The highest BCUT2D eigenvalue weighted by atomic mass is 16.5. The second kappa shape index (κ2) is 13.5. The van der Waals surface area contributed by atoms with Gasteiger partial charge in [0, 0.05) is 20.3 Å². The second-order valence-corrected chi connectivity index (χ2v) is 6.20. The van der Waals surface area contributed by atoms with Gasteiger partial charge in [0.2, 0.25) is 0 Å². The monoisotopic (exact) mass is 303 g/mol. The van der Waals surface area contributed by atoms with Crippen LogP contribution in [0.15, 0.2) is 0 Å². The SMILES string of the molecule is CCC(CC)(CCOCCOCCOC)CNCC(C)C. The summed E-state index contributed by atoms with van der Waals surface area (Å²) in [6, 6.07) is 0. The number of ether oxygens (including phenoxy) is 3. The molecule has 0 aromatic carbocycles. The molecule has 0 heterocycles. The van der Waals surface area contributed by atoms with Crippen molar-refractivity contribution in [3.8, 4) is 0 Å². The van der Waals surface area contributed by atoms with Crippen LogP contribution in [0.3, 0.4) is 0 Å². The maximum atomic E-state index is 5.71. The van der Waals surface area contributed by atoms with Crippen LogP contribution in [0, 0.1) is 11.3 Å². The summed E-state index contributed by atoms with van der Waals surface area (Å²) < 4.78 is 16.0. The van der Waals surface area contributed by atoms with Gasteiger partial charge in [0.25, 0.3) is 0 Å². The molecule has 0 radical (unpaired) electrons. The molecule has 0 aromatic rings. The summed E-state index contributed by atoms with van der Waals surface area (Å²) in [4.78, 5) is 0. The van der Waals surface area contributed by atoms with E-state index < -0.39 is 0 Å².